The number of rotatable bonds is 7. The lowest BCUT2D eigenvalue weighted by atomic mass is 10.2. The molecule has 2 nitrogen and oxygen atoms in total. The van der Waals surface area contributed by atoms with Gasteiger partial charge < -0.3 is 10.1 Å². The molecule has 0 aromatic heterocycles. The van der Waals surface area contributed by atoms with Crippen LogP contribution >= 0.6 is 11.6 Å². The van der Waals surface area contributed by atoms with Crippen molar-refractivity contribution in [2.75, 3.05) is 6.54 Å². The Labute approximate surface area is 112 Å². The Hall–Kier alpha value is -0.800. The predicted molar refractivity (Wildman–Crippen MR) is 71.8 cm³/mol. The zero-order valence-corrected chi connectivity index (χ0v) is 11.3. The summed E-state index contributed by atoms with van der Waals surface area (Å²) in [5.41, 5.74) is 0. The van der Waals surface area contributed by atoms with Gasteiger partial charge >= 0.3 is 0 Å². The Bertz CT molecular complexity index is 395. The molecule has 1 fully saturated rings. The minimum Gasteiger partial charge on any atom is -0.489 e. The predicted octanol–water partition coefficient (Wildman–Crippen LogP) is 3.78. The number of hydrogen-bond acceptors (Lipinski definition) is 2. The van der Waals surface area contributed by atoms with Crippen molar-refractivity contribution in [3.63, 3.8) is 0 Å². The quantitative estimate of drug-likeness (QED) is 0.762. The van der Waals surface area contributed by atoms with Crippen LogP contribution in [0.4, 0.5) is 4.39 Å². The first-order valence-electron chi connectivity index (χ1n) is 6.50. The van der Waals surface area contributed by atoms with Gasteiger partial charge in [0.2, 0.25) is 0 Å². The van der Waals surface area contributed by atoms with Gasteiger partial charge in [-0.2, -0.15) is 0 Å². The monoisotopic (exact) mass is 271 g/mol. The van der Waals surface area contributed by atoms with E-state index in [-0.39, 0.29) is 11.9 Å². The molecule has 0 amide bonds. The second kappa shape index (κ2) is 6.39. The van der Waals surface area contributed by atoms with E-state index in [0.717, 1.165) is 25.4 Å². The van der Waals surface area contributed by atoms with Crippen molar-refractivity contribution in [2.45, 2.75) is 44.8 Å². The van der Waals surface area contributed by atoms with Crippen LogP contribution in [0.15, 0.2) is 18.2 Å². The van der Waals surface area contributed by atoms with Gasteiger partial charge in [0.25, 0.3) is 0 Å². The molecule has 0 saturated heterocycles. The molecule has 0 radical (unpaired) electrons. The second-order valence-corrected chi connectivity index (χ2v) is 5.28. The summed E-state index contributed by atoms with van der Waals surface area (Å²) in [6, 6.07) is 4.98. The zero-order chi connectivity index (χ0) is 13.0. The van der Waals surface area contributed by atoms with E-state index in [0.29, 0.717) is 10.8 Å². The molecule has 2 rings (SSSR count). The van der Waals surface area contributed by atoms with Gasteiger partial charge in [-0.25, -0.2) is 4.39 Å². The molecule has 1 atom stereocenters. The first-order chi connectivity index (χ1) is 8.65. The van der Waals surface area contributed by atoms with Gasteiger partial charge in [-0.3, -0.25) is 0 Å². The highest BCUT2D eigenvalue weighted by Crippen LogP contribution is 2.26. The van der Waals surface area contributed by atoms with Crippen LogP contribution in [0.5, 0.6) is 5.75 Å². The molecule has 1 aliphatic rings. The highest BCUT2D eigenvalue weighted by molar-refractivity contribution is 6.32. The standard InChI is InChI=1S/C14H19ClFNO/c1-10(3-2-8-17-12-5-6-12)18-14-7-4-11(16)9-13(14)15/h4,7,9-10,12,17H,2-3,5-6,8H2,1H3. The van der Waals surface area contributed by atoms with E-state index in [4.69, 9.17) is 16.3 Å². The maximum absolute atomic E-state index is 12.9. The van der Waals surface area contributed by atoms with Gasteiger partial charge in [0.1, 0.15) is 11.6 Å². The van der Waals surface area contributed by atoms with Crippen LogP contribution in [-0.2, 0) is 0 Å². The van der Waals surface area contributed by atoms with Crippen molar-refractivity contribution in [3.8, 4) is 5.75 Å². The first-order valence-corrected chi connectivity index (χ1v) is 6.88. The van der Waals surface area contributed by atoms with Crippen molar-refractivity contribution < 1.29 is 9.13 Å². The Morgan fingerprint density at radius 2 is 2.28 bits per heavy atom. The summed E-state index contributed by atoms with van der Waals surface area (Å²) in [5.74, 6) is 0.217. The van der Waals surface area contributed by atoms with E-state index >= 15 is 0 Å². The minimum atomic E-state index is -0.339. The molecule has 1 aliphatic carbocycles. The average Bonchev–Trinajstić information content (AvgIpc) is 3.12. The van der Waals surface area contributed by atoms with Gasteiger partial charge in [-0.15, -0.1) is 0 Å². The van der Waals surface area contributed by atoms with Crippen LogP contribution in [0.3, 0.4) is 0 Å². The van der Waals surface area contributed by atoms with Crippen molar-refractivity contribution in [3.05, 3.63) is 29.0 Å². The van der Waals surface area contributed by atoms with Crippen molar-refractivity contribution in [1.82, 2.24) is 5.32 Å². The molecule has 18 heavy (non-hydrogen) atoms. The third-order valence-corrected chi connectivity index (χ3v) is 3.32. The fraction of sp³-hybridized carbons (Fsp3) is 0.571. The second-order valence-electron chi connectivity index (χ2n) is 4.87. The number of ether oxygens (including phenoxy) is 1. The number of benzene rings is 1. The van der Waals surface area contributed by atoms with Gasteiger partial charge in [-0.1, -0.05) is 11.6 Å². The Morgan fingerprint density at radius 3 is 2.94 bits per heavy atom. The average molecular weight is 272 g/mol. The minimum absolute atomic E-state index is 0.0916. The molecule has 0 aliphatic heterocycles. The maximum atomic E-state index is 12.9. The normalized spacial score (nSPS) is 16.6. The third kappa shape index (κ3) is 4.46. The smallest absolute Gasteiger partial charge is 0.138 e. The molecule has 1 saturated carbocycles. The van der Waals surface area contributed by atoms with Crippen LogP contribution in [0.25, 0.3) is 0 Å². The molecule has 0 spiro atoms. The van der Waals surface area contributed by atoms with Gasteiger partial charge in [0.15, 0.2) is 0 Å². The van der Waals surface area contributed by atoms with Crippen LogP contribution in [0.2, 0.25) is 5.02 Å². The van der Waals surface area contributed by atoms with E-state index in [9.17, 15) is 4.39 Å². The van der Waals surface area contributed by atoms with Crippen LogP contribution in [0.1, 0.15) is 32.6 Å². The van der Waals surface area contributed by atoms with Gasteiger partial charge in [0.05, 0.1) is 11.1 Å². The molecule has 0 bridgehead atoms. The van der Waals surface area contributed by atoms with Gasteiger partial charge in [-0.05, 0) is 57.4 Å². The Balaban J connectivity index is 1.70. The fourth-order valence-corrected chi connectivity index (χ4v) is 2.04. The summed E-state index contributed by atoms with van der Waals surface area (Å²) in [7, 11) is 0. The van der Waals surface area contributed by atoms with E-state index in [1.165, 1.54) is 25.0 Å². The van der Waals surface area contributed by atoms with E-state index < -0.39 is 0 Å². The lowest BCUT2D eigenvalue weighted by Crippen LogP contribution is -2.20. The topological polar surface area (TPSA) is 21.3 Å². The highest BCUT2D eigenvalue weighted by Gasteiger charge is 2.19. The maximum Gasteiger partial charge on any atom is 0.138 e. The van der Waals surface area contributed by atoms with Crippen molar-refractivity contribution in [2.24, 2.45) is 0 Å². The summed E-state index contributed by atoms with van der Waals surface area (Å²) in [5, 5.41) is 3.79. The summed E-state index contributed by atoms with van der Waals surface area (Å²) in [4.78, 5) is 0. The fourth-order valence-electron chi connectivity index (χ4n) is 1.83. The summed E-state index contributed by atoms with van der Waals surface area (Å²) in [6.45, 7) is 3.05. The molecule has 100 valence electrons. The largest absolute Gasteiger partial charge is 0.489 e. The summed E-state index contributed by atoms with van der Waals surface area (Å²) < 4.78 is 18.6. The van der Waals surface area contributed by atoms with E-state index in [2.05, 4.69) is 5.32 Å². The molecule has 1 aromatic rings. The molecule has 1 aromatic carbocycles. The lowest BCUT2D eigenvalue weighted by molar-refractivity contribution is 0.207. The van der Waals surface area contributed by atoms with Crippen molar-refractivity contribution >= 4 is 11.6 Å². The first kappa shape index (κ1) is 13.6. The molecule has 1 unspecified atom stereocenters. The number of nitrogens with one attached hydrogen (secondary N) is 1. The van der Waals surface area contributed by atoms with E-state index in [1.807, 2.05) is 6.92 Å². The number of hydrogen-bond donors (Lipinski definition) is 1. The van der Waals surface area contributed by atoms with E-state index in [1.54, 1.807) is 6.07 Å². The van der Waals surface area contributed by atoms with Crippen molar-refractivity contribution in [1.29, 1.82) is 0 Å². The van der Waals surface area contributed by atoms with Crippen LogP contribution in [0, 0.1) is 5.82 Å². The SMILES string of the molecule is CC(CCCNC1CC1)Oc1ccc(F)cc1Cl. The Kier molecular flexibility index (Phi) is 4.84. The molecule has 1 N–H and O–H groups in total. The molecule has 0 heterocycles. The molecular formula is C14H19ClFNO. The summed E-state index contributed by atoms with van der Waals surface area (Å²) >= 11 is 5.91. The molecular weight excluding hydrogens is 253 g/mol. The summed E-state index contributed by atoms with van der Waals surface area (Å²) in [6.07, 6.45) is 4.77. The Morgan fingerprint density at radius 1 is 1.50 bits per heavy atom. The lowest BCUT2D eigenvalue weighted by Gasteiger charge is -2.15. The van der Waals surface area contributed by atoms with Crippen LogP contribution in [-0.4, -0.2) is 18.7 Å². The molecule has 4 heteroatoms. The zero-order valence-electron chi connectivity index (χ0n) is 10.6. The number of halogens is 2. The van der Waals surface area contributed by atoms with Gasteiger partial charge in [0, 0.05) is 6.04 Å². The third-order valence-electron chi connectivity index (χ3n) is 3.02. The van der Waals surface area contributed by atoms with Crippen LogP contribution < -0.4 is 10.1 Å². The highest BCUT2D eigenvalue weighted by atomic mass is 35.5.